The Morgan fingerprint density at radius 2 is 2.25 bits per heavy atom. The Morgan fingerprint density at radius 1 is 1.35 bits per heavy atom. The van der Waals surface area contributed by atoms with E-state index < -0.39 is 0 Å². The third-order valence-electron chi connectivity index (χ3n) is 3.98. The van der Waals surface area contributed by atoms with Gasteiger partial charge in [0.15, 0.2) is 0 Å². The molecular formula is C16H20BrN3. The Kier molecular flexibility index (Phi) is 4.22. The molecule has 1 atom stereocenters. The van der Waals surface area contributed by atoms with Crippen LogP contribution in [-0.4, -0.2) is 22.4 Å². The predicted octanol–water partition coefficient (Wildman–Crippen LogP) is 2.87. The van der Waals surface area contributed by atoms with Crippen molar-refractivity contribution in [1.29, 1.82) is 0 Å². The van der Waals surface area contributed by atoms with Gasteiger partial charge in [-0.1, -0.05) is 22.0 Å². The van der Waals surface area contributed by atoms with Gasteiger partial charge in [0.1, 0.15) is 0 Å². The Balaban J connectivity index is 1.51. The summed E-state index contributed by atoms with van der Waals surface area (Å²) in [5, 5.41) is 8.08. The van der Waals surface area contributed by atoms with E-state index in [1.165, 1.54) is 34.1 Å². The van der Waals surface area contributed by atoms with Crippen LogP contribution in [0.25, 0.3) is 0 Å². The minimum absolute atomic E-state index is 0.604. The second kappa shape index (κ2) is 6.10. The highest BCUT2D eigenvalue weighted by atomic mass is 79.9. The fourth-order valence-corrected chi connectivity index (χ4v) is 3.31. The number of nitrogens with zero attached hydrogens (tertiary/aromatic N) is 2. The maximum absolute atomic E-state index is 4.41. The number of halogens is 1. The molecule has 106 valence electrons. The van der Waals surface area contributed by atoms with Crippen molar-refractivity contribution in [2.75, 3.05) is 6.54 Å². The van der Waals surface area contributed by atoms with Crippen molar-refractivity contribution in [2.45, 2.75) is 31.7 Å². The summed E-state index contributed by atoms with van der Waals surface area (Å²) in [6.45, 7) is 1.01. The zero-order valence-corrected chi connectivity index (χ0v) is 13.4. The normalized spacial score (nSPS) is 18.0. The highest BCUT2D eigenvalue weighted by Gasteiger charge is 2.18. The van der Waals surface area contributed by atoms with Gasteiger partial charge in [0.25, 0.3) is 0 Å². The molecule has 1 aromatic heterocycles. The van der Waals surface area contributed by atoms with Crippen LogP contribution < -0.4 is 5.32 Å². The summed E-state index contributed by atoms with van der Waals surface area (Å²) >= 11 is 3.55. The second-order valence-corrected chi connectivity index (χ2v) is 6.45. The molecule has 0 saturated heterocycles. The molecule has 1 aliphatic rings. The van der Waals surface area contributed by atoms with E-state index in [0.717, 1.165) is 19.4 Å². The zero-order chi connectivity index (χ0) is 13.9. The van der Waals surface area contributed by atoms with Crippen molar-refractivity contribution in [3.63, 3.8) is 0 Å². The van der Waals surface area contributed by atoms with Gasteiger partial charge in [-0.25, -0.2) is 0 Å². The van der Waals surface area contributed by atoms with E-state index in [0.29, 0.717) is 6.04 Å². The zero-order valence-electron chi connectivity index (χ0n) is 11.8. The van der Waals surface area contributed by atoms with Gasteiger partial charge in [0.2, 0.25) is 0 Å². The number of nitrogens with one attached hydrogen (secondary N) is 1. The number of hydrogen-bond donors (Lipinski definition) is 1. The van der Waals surface area contributed by atoms with Crippen molar-refractivity contribution in [3.05, 3.63) is 51.8 Å². The van der Waals surface area contributed by atoms with Gasteiger partial charge in [-0.3, -0.25) is 4.68 Å². The van der Waals surface area contributed by atoms with Crippen LogP contribution in [0.5, 0.6) is 0 Å². The maximum atomic E-state index is 4.41. The molecule has 0 aliphatic heterocycles. The first-order chi connectivity index (χ1) is 9.70. The fraction of sp³-hybridized carbons (Fsp3) is 0.438. The summed E-state index contributed by atoms with van der Waals surface area (Å²) in [7, 11) is 1.97. The number of hydrogen-bond acceptors (Lipinski definition) is 2. The second-order valence-electron chi connectivity index (χ2n) is 5.54. The molecule has 1 unspecified atom stereocenters. The molecule has 1 aromatic carbocycles. The number of fused-ring (bicyclic) bond motifs is 1. The molecule has 3 nitrogen and oxygen atoms in total. The van der Waals surface area contributed by atoms with Gasteiger partial charge in [-0.15, -0.1) is 0 Å². The molecule has 0 fully saturated rings. The first-order valence-corrected chi connectivity index (χ1v) is 7.99. The molecule has 0 amide bonds. The molecule has 0 saturated carbocycles. The lowest BCUT2D eigenvalue weighted by Crippen LogP contribution is -2.35. The lowest BCUT2D eigenvalue weighted by Gasteiger charge is -2.25. The van der Waals surface area contributed by atoms with Gasteiger partial charge >= 0.3 is 0 Å². The van der Waals surface area contributed by atoms with Crippen LogP contribution in [0.2, 0.25) is 0 Å². The monoisotopic (exact) mass is 333 g/mol. The maximum Gasteiger partial charge on any atom is 0.0637 e. The molecule has 3 rings (SSSR count). The third-order valence-corrected chi connectivity index (χ3v) is 4.47. The summed E-state index contributed by atoms with van der Waals surface area (Å²) in [5.74, 6) is 0. The van der Waals surface area contributed by atoms with Crippen LogP contribution >= 0.6 is 15.9 Å². The number of aryl methyl sites for hydroxylation is 2. The van der Waals surface area contributed by atoms with Crippen molar-refractivity contribution in [2.24, 2.45) is 7.05 Å². The van der Waals surface area contributed by atoms with Crippen molar-refractivity contribution < 1.29 is 0 Å². The molecule has 0 radical (unpaired) electrons. The SMILES string of the molecule is Cn1ccc(CCNC2CCc3cc(Br)ccc3C2)n1. The van der Waals surface area contributed by atoms with Gasteiger partial charge in [-0.05, 0) is 48.6 Å². The summed E-state index contributed by atoms with van der Waals surface area (Å²) < 4.78 is 3.06. The van der Waals surface area contributed by atoms with Crippen LogP contribution in [-0.2, 0) is 26.3 Å². The van der Waals surface area contributed by atoms with E-state index in [2.05, 4.69) is 50.6 Å². The molecule has 1 aliphatic carbocycles. The fourth-order valence-electron chi connectivity index (χ4n) is 2.90. The van der Waals surface area contributed by atoms with Gasteiger partial charge in [0.05, 0.1) is 5.69 Å². The summed E-state index contributed by atoms with van der Waals surface area (Å²) in [6.07, 6.45) is 6.56. The highest BCUT2D eigenvalue weighted by Crippen LogP contribution is 2.24. The van der Waals surface area contributed by atoms with Crippen molar-refractivity contribution in [3.8, 4) is 0 Å². The average Bonchev–Trinajstić information content (AvgIpc) is 2.85. The van der Waals surface area contributed by atoms with Crippen molar-refractivity contribution >= 4 is 15.9 Å². The van der Waals surface area contributed by atoms with E-state index >= 15 is 0 Å². The summed E-state index contributed by atoms with van der Waals surface area (Å²) in [6, 6.07) is 9.36. The highest BCUT2D eigenvalue weighted by molar-refractivity contribution is 9.10. The molecule has 2 aromatic rings. The molecule has 1 N–H and O–H groups in total. The van der Waals surface area contributed by atoms with Crippen LogP contribution in [0.15, 0.2) is 34.9 Å². The van der Waals surface area contributed by atoms with Crippen LogP contribution in [0, 0.1) is 0 Å². The molecule has 1 heterocycles. The predicted molar refractivity (Wildman–Crippen MR) is 84.9 cm³/mol. The smallest absolute Gasteiger partial charge is 0.0637 e. The Labute approximate surface area is 128 Å². The van der Waals surface area contributed by atoms with E-state index in [-0.39, 0.29) is 0 Å². The molecule has 0 bridgehead atoms. The van der Waals surface area contributed by atoms with Crippen LogP contribution in [0.3, 0.4) is 0 Å². The quantitative estimate of drug-likeness (QED) is 0.932. The average molecular weight is 334 g/mol. The topological polar surface area (TPSA) is 29.9 Å². The van der Waals surface area contributed by atoms with Gasteiger partial charge in [0, 0.05) is 36.7 Å². The lowest BCUT2D eigenvalue weighted by atomic mass is 9.88. The standard InChI is InChI=1S/C16H20BrN3/c1-20-9-7-15(19-20)6-8-18-16-5-3-12-10-14(17)4-2-13(12)11-16/h2,4,7,9-10,16,18H,3,5-6,8,11H2,1H3. The van der Waals surface area contributed by atoms with E-state index in [4.69, 9.17) is 0 Å². The molecular weight excluding hydrogens is 314 g/mol. The van der Waals surface area contributed by atoms with Gasteiger partial charge < -0.3 is 5.32 Å². The van der Waals surface area contributed by atoms with E-state index in [1.807, 2.05) is 17.9 Å². The Morgan fingerprint density at radius 3 is 3.05 bits per heavy atom. The summed E-state index contributed by atoms with van der Waals surface area (Å²) in [5.41, 5.74) is 4.16. The van der Waals surface area contributed by atoms with Crippen LogP contribution in [0.1, 0.15) is 23.2 Å². The van der Waals surface area contributed by atoms with Gasteiger partial charge in [-0.2, -0.15) is 5.10 Å². The Hall–Kier alpha value is -1.13. The molecule has 0 spiro atoms. The number of benzene rings is 1. The largest absolute Gasteiger partial charge is 0.313 e. The van der Waals surface area contributed by atoms with E-state index in [9.17, 15) is 0 Å². The lowest BCUT2D eigenvalue weighted by molar-refractivity contribution is 0.460. The summed E-state index contributed by atoms with van der Waals surface area (Å²) in [4.78, 5) is 0. The molecule has 4 heteroatoms. The Bertz CT molecular complexity index is 591. The first kappa shape index (κ1) is 13.8. The van der Waals surface area contributed by atoms with E-state index in [1.54, 1.807) is 0 Å². The molecule has 20 heavy (non-hydrogen) atoms. The number of aromatic nitrogens is 2. The van der Waals surface area contributed by atoms with Crippen LogP contribution in [0.4, 0.5) is 0 Å². The first-order valence-electron chi connectivity index (χ1n) is 7.20. The third kappa shape index (κ3) is 3.30. The van der Waals surface area contributed by atoms with Crippen molar-refractivity contribution in [1.82, 2.24) is 15.1 Å². The minimum Gasteiger partial charge on any atom is -0.313 e. The minimum atomic E-state index is 0.604. The number of rotatable bonds is 4.